The van der Waals surface area contributed by atoms with Gasteiger partial charge in [0.05, 0.1) is 10.3 Å². The van der Waals surface area contributed by atoms with E-state index in [0.29, 0.717) is 12.5 Å². The Balaban J connectivity index is 2.64. The fraction of sp³-hybridized carbons (Fsp3) is 0.375. The Morgan fingerprint density at radius 1 is 1.75 bits per heavy atom. The van der Waals surface area contributed by atoms with Crippen LogP contribution in [0.15, 0.2) is 20.9 Å². The first kappa shape index (κ1) is 9.65. The Labute approximate surface area is 83.5 Å². The molecule has 0 spiro atoms. The summed E-state index contributed by atoms with van der Waals surface area (Å²) >= 11 is 5.05. The van der Waals surface area contributed by atoms with Gasteiger partial charge in [-0.05, 0) is 28.1 Å². The minimum atomic E-state index is 0.308. The number of hydrogen-bond donors (Lipinski definition) is 0. The van der Waals surface area contributed by atoms with Gasteiger partial charge in [0.15, 0.2) is 0 Å². The molecule has 0 aliphatic carbocycles. The molecule has 1 rings (SSSR count). The molecular weight excluding hydrogens is 238 g/mol. The van der Waals surface area contributed by atoms with Crippen molar-refractivity contribution in [1.82, 2.24) is 0 Å². The van der Waals surface area contributed by atoms with E-state index >= 15 is 0 Å². The average molecular weight is 246 g/mol. The molecule has 64 valence electrons. The fourth-order valence-corrected chi connectivity index (χ4v) is 2.32. The number of rotatable bonds is 3. The summed E-state index contributed by atoms with van der Waals surface area (Å²) < 4.78 is 1.11. The van der Waals surface area contributed by atoms with Gasteiger partial charge in [-0.3, -0.25) is 0 Å². The van der Waals surface area contributed by atoms with Crippen LogP contribution in [-0.4, -0.2) is 12.6 Å². The third-order valence-electron chi connectivity index (χ3n) is 1.51. The Hall–Kier alpha value is -0.440. The van der Waals surface area contributed by atoms with Gasteiger partial charge < -0.3 is 0 Å². The lowest BCUT2D eigenvalue weighted by Crippen LogP contribution is -1.93. The molecule has 0 fully saturated rings. The third kappa shape index (κ3) is 2.55. The van der Waals surface area contributed by atoms with E-state index < -0.39 is 0 Å². The Bertz CT molecular complexity index is 304. The van der Waals surface area contributed by atoms with Crippen molar-refractivity contribution < 1.29 is 4.79 Å². The van der Waals surface area contributed by atoms with Crippen LogP contribution in [0.2, 0.25) is 0 Å². The molecule has 0 aromatic carbocycles. The quantitative estimate of drug-likeness (QED) is 0.595. The van der Waals surface area contributed by atoms with Crippen molar-refractivity contribution in [2.75, 3.05) is 6.54 Å². The second kappa shape index (κ2) is 4.55. The highest BCUT2D eigenvalue weighted by Crippen LogP contribution is 2.28. The zero-order valence-electron chi connectivity index (χ0n) is 6.58. The molecule has 2 nitrogen and oxygen atoms in total. The summed E-state index contributed by atoms with van der Waals surface area (Å²) in [6, 6.07) is 4.04. The molecule has 1 aromatic rings. The Kier molecular flexibility index (Phi) is 3.66. The second-order valence-corrected chi connectivity index (χ2v) is 4.97. The maximum atomic E-state index is 9.85. The van der Waals surface area contributed by atoms with Crippen LogP contribution in [0.1, 0.15) is 17.7 Å². The van der Waals surface area contributed by atoms with E-state index in [1.807, 2.05) is 19.1 Å². The number of aliphatic imine (C=N–C) groups is 1. The molecule has 0 saturated heterocycles. The highest BCUT2D eigenvalue weighted by atomic mass is 79.9. The van der Waals surface area contributed by atoms with Gasteiger partial charge >= 0.3 is 0 Å². The van der Waals surface area contributed by atoms with Crippen molar-refractivity contribution in [3.8, 4) is 0 Å². The zero-order chi connectivity index (χ0) is 8.97. The van der Waals surface area contributed by atoms with E-state index in [2.05, 4.69) is 20.9 Å². The van der Waals surface area contributed by atoms with Gasteiger partial charge in [-0.1, -0.05) is 6.92 Å². The van der Waals surface area contributed by atoms with Crippen molar-refractivity contribution in [3.63, 3.8) is 0 Å². The average Bonchev–Trinajstić information content (AvgIpc) is 2.47. The monoisotopic (exact) mass is 245 g/mol. The van der Waals surface area contributed by atoms with Crippen LogP contribution in [0.5, 0.6) is 0 Å². The normalized spacial score (nSPS) is 12.2. The molecule has 0 aliphatic heterocycles. The smallest absolute Gasteiger partial charge is 0.211 e. The van der Waals surface area contributed by atoms with E-state index in [0.717, 1.165) is 3.79 Å². The first-order valence-electron chi connectivity index (χ1n) is 3.53. The van der Waals surface area contributed by atoms with E-state index in [9.17, 15) is 4.79 Å². The first-order chi connectivity index (χ1) is 5.74. The lowest BCUT2D eigenvalue weighted by molar-refractivity contribution is 0.561. The van der Waals surface area contributed by atoms with Crippen LogP contribution in [0.4, 0.5) is 0 Å². The standard InChI is InChI=1S/C8H8BrNOS/c1-6(4-10-5-11)7-2-3-8(9)12-7/h2-3,6H,4H2,1H3. The highest BCUT2D eigenvalue weighted by Gasteiger charge is 2.06. The molecule has 1 atom stereocenters. The summed E-state index contributed by atoms with van der Waals surface area (Å²) in [4.78, 5) is 14.6. The van der Waals surface area contributed by atoms with Gasteiger partial charge in [0.25, 0.3) is 0 Å². The van der Waals surface area contributed by atoms with Crippen molar-refractivity contribution in [3.05, 3.63) is 20.8 Å². The lowest BCUT2D eigenvalue weighted by Gasteiger charge is -2.01. The molecular formula is C8H8BrNOS. The van der Waals surface area contributed by atoms with Gasteiger partial charge in [0.1, 0.15) is 0 Å². The Morgan fingerprint density at radius 3 is 3.00 bits per heavy atom. The predicted octanol–water partition coefficient (Wildman–Crippen LogP) is 2.95. The topological polar surface area (TPSA) is 29.4 Å². The molecule has 0 aliphatic rings. The first-order valence-corrected chi connectivity index (χ1v) is 5.14. The molecule has 12 heavy (non-hydrogen) atoms. The molecule has 0 amide bonds. The van der Waals surface area contributed by atoms with Crippen LogP contribution >= 0.6 is 27.3 Å². The number of thiophene rings is 1. The van der Waals surface area contributed by atoms with Crippen LogP contribution in [0.25, 0.3) is 0 Å². The molecule has 4 heteroatoms. The molecule has 0 bridgehead atoms. The van der Waals surface area contributed by atoms with Crippen molar-refractivity contribution in [2.24, 2.45) is 4.99 Å². The fourth-order valence-electron chi connectivity index (χ4n) is 0.857. The van der Waals surface area contributed by atoms with Gasteiger partial charge in [-0.25, -0.2) is 9.79 Å². The van der Waals surface area contributed by atoms with E-state index in [4.69, 9.17) is 0 Å². The van der Waals surface area contributed by atoms with Crippen molar-refractivity contribution >= 4 is 33.3 Å². The molecule has 1 unspecified atom stereocenters. The third-order valence-corrected chi connectivity index (χ3v) is 3.36. The minimum Gasteiger partial charge on any atom is -0.211 e. The summed E-state index contributed by atoms with van der Waals surface area (Å²) in [5.41, 5.74) is 0. The van der Waals surface area contributed by atoms with Crippen molar-refractivity contribution in [2.45, 2.75) is 12.8 Å². The molecule has 1 heterocycles. The number of carbonyl (C=O) groups excluding carboxylic acids is 1. The van der Waals surface area contributed by atoms with E-state index in [-0.39, 0.29) is 0 Å². The van der Waals surface area contributed by atoms with E-state index in [1.54, 1.807) is 17.4 Å². The SMILES string of the molecule is CC(CN=C=O)c1ccc(Br)s1. The maximum absolute atomic E-state index is 9.85. The molecule has 1 aromatic heterocycles. The summed E-state index contributed by atoms with van der Waals surface area (Å²) in [6.45, 7) is 2.57. The summed E-state index contributed by atoms with van der Waals surface area (Å²) in [5.74, 6) is 0.308. The van der Waals surface area contributed by atoms with Crippen LogP contribution in [0.3, 0.4) is 0 Å². The van der Waals surface area contributed by atoms with Crippen LogP contribution < -0.4 is 0 Å². The number of hydrogen-bond acceptors (Lipinski definition) is 3. The van der Waals surface area contributed by atoms with E-state index in [1.165, 1.54) is 4.88 Å². The van der Waals surface area contributed by atoms with Crippen LogP contribution in [-0.2, 0) is 4.79 Å². The van der Waals surface area contributed by atoms with Gasteiger partial charge in [0.2, 0.25) is 6.08 Å². The minimum absolute atomic E-state index is 0.308. The van der Waals surface area contributed by atoms with Crippen LogP contribution in [0, 0.1) is 0 Å². The zero-order valence-corrected chi connectivity index (χ0v) is 8.98. The van der Waals surface area contributed by atoms with Gasteiger partial charge in [-0.15, -0.1) is 11.3 Å². The summed E-state index contributed by atoms with van der Waals surface area (Å²) in [7, 11) is 0. The predicted molar refractivity (Wildman–Crippen MR) is 53.4 cm³/mol. The molecule has 0 saturated carbocycles. The largest absolute Gasteiger partial charge is 0.234 e. The molecule has 0 N–H and O–H groups in total. The number of halogens is 1. The van der Waals surface area contributed by atoms with Gasteiger partial charge in [0, 0.05) is 10.8 Å². The highest BCUT2D eigenvalue weighted by molar-refractivity contribution is 9.11. The summed E-state index contributed by atoms with van der Waals surface area (Å²) in [6.07, 6.45) is 1.54. The summed E-state index contributed by atoms with van der Waals surface area (Å²) in [5, 5.41) is 0. The van der Waals surface area contributed by atoms with Gasteiger partial charge in [-0.2, -0.15) is 0 Å². The molecule has 0 radical (unpaired) electrons. The number of isocyanates is 1. The lowest BCUT2D eigenvalue weighted by atomic mass is 10.1. The number of nitrogens with zero attached hydrogens (tertiary/aromatic N) is 1. The Morgan fingerprint density at radius 2 is 2.50 bits per heavy atom. The maximum Gasteiger partial charge on any atom is 0.234 e. The van der Waals surface area contributed by atoms with Crippen molar-refractivity contribution in [1.29, 1.82) is 0 Å². The second-order valence-electron chi connectivity index (χ2n) is 2.47.